The molecule has 0 fully saturated rings. The molecule has 7 heteroatoms. The van der Waals surface area contributed by atoms with Crippen molar-refractivity contribution in [3.05, 3.63) is 35.4 Å². The summed E-state index contributed by atoms with van der Waals surface area (Å²) in [7, 11) is -5.98. The van der Waals surface area contributed by atoms with Crippen LogP contribution in [0.25, 0.3) is 0 Å². The van der Waals surface area contributed by atoms with Crippen LogP contribution < -0.4 is 9.79 Å². The van der Waals surface area contributed by atoms with Gasteiger partial charge >= 0.3 is 0 Å². The van der Waals surface area contributed by atoms with E-state index in [0.717, 1.165) is 6.07 Å². The Hall–Kier alpha value is -0.290. The van der Waals surface area contributed by atoms with Crippen molar-refractivity contribution in [2.75, 3.05) is 0 Å². The van der Waals surface area contributed by atoms with E-state index in [1.807, 2.05) is 0 Å². The Bertz CT molecular complexity index is 405. The Morgan fingerprint density at radius 1 is 1.33 bits per heavy atom. The first-order valence-corrected chi connectivity index (χ1v) is 6.51. The zero-order valence-corrected chi connectivity index (χ0v) is 9.80. The van der Waals surface area contributed by atoms with Crippen molar-refractivity contribution >= 4 is 23.5 Å². The van der Waals surface area contributed by atoms with Crippen molar-refractivity contribution in [3.8, 4) is 0 Å². The van der Waals surface area contributed by atoms with Gasteiger partial charge < -0.3 is 14.4 Å². The van der Waals surface area contributed by atoms with E-state index in [1.165, 1.54) is 18.2 Å². The van der Waals surface area contributed by atoms with Gasteiger partial charge in [-0.2, -0.15) is 8.78 Å². The van der Waals surface area contributed by atoms with E-state index in [1.54, 1.807) is 0 Å². The highest BCUT2D eigenvalue weighted by Gasteiger charge is 2.37. The molecule has 0 saturated heterocycles. The van der Waals surface area contributed by atoms with E-state index < -0.39 is 18.8 Å². The van der Waals surface area contributed by atoms with Gasteiger partial charge in [0.25, 0.3) is 5.66 Å². The van der Waals surface area contributed by atoms with Crippen LogP contribution in [0.15, 0.2) is 24.3 Å². The standard InChI is InChI=1S/C8H8BrF2O3P/c9-5-6-3-1-2-4-7(6)8(10,11)15(12,13)14/h1-4H,5H2,(H2,12,13,14)/p-2. The molecular weight excluding hydrogens is 293 g/mol. The van der Waals surface area contributed by atoms with Crippen LogP contribution in [0.1, 0.15) is 11.1 Å². The first-order chi connectivity index (χ1) is 6.80. The second-order valence-electron chi connectivity index (χ2n) is 2.83. The van der Waals surface area contributed by atoms with Gasteiger partial charge in [-0.25, -0.2) is 0 Å². The predicted molar refractivity (Wildman–Crippen MR) is 50.6 cm³/mol. The zero-order valence-electron chi connectivity index (χ0n) is 7.32. The predicted octanol–water partition coefficient (Wildman–Crippen LogP) is 1.54. The van der Waals surface area contributed by atoms with Gasteiger partial charge in [0.1, 0.15) is 0 Å². The Morgan fingerprint density at radius 2 is 1.87 bits per heavy atom. The molecular formula is C8H6BrF2O3P-2. The van der Waals surface area contributed by atoms with Gasteiger partial charge in [-0.15, -0.1) is 0 Å². The lowest BCUT2D eigenvalue weighted by Gasteiger charge is -2.38. The molecule has 0 amide bonds. The maximum Gasteiger partial charge on any atom is 0.297 e. The van der Waals surface area contributed by atoms with Crippen LogP contribution in [0.4, 0.5) is 8.78 Å². The van der Waals surface area contributed by atoms with Gasteiger partial charge in [-0.3, -0.25) is 0 Å². The molecule has 84 valence electrons. The molecule has 0 radical (unpaired) electrons. The van der Waals surface area contributed by atoms with E-state index in [0.29, 0.717) is 0 Å². The summed E-state index contributed by atoms with van der Waals surface area (Å²) in [4.78, 5) is 20.9. The van der Waals surface area contributed by atoms with E-state index in [4.69, 9.17) is 0 Å². The van der Waals surface area contributed by atoms with Crippen LogP contribution in [0, 0.1) is 0 Å². The fourth-order valence-corrected chi connectivity index (χ4v) is 2.08. The summed E-state index contributed by atoms with van der Waals surface area (Å²) in [6, 6.07) is 4.99. The van der Waals surface area contributed by atoms with Crippen molar-refractivity contribution in [3.63, 3.8) is 0 Å². The molecule has 0 aliphatic carbocycles. The molecule has 0 unspecified atom stereocenters. The number of alkyl halides is 3. The monoisotopic (exact) mass is 298 g/mol. The molecule has 0 spiro atoms. The molecule has 3 nitrogen and oxygen atoms in total. The Kier molecular flexibility index (Phi) is 3.66. The fourth-order valence-electron chi connectivity index (χ4n) is 1.08. The maximum atomic E-state index is 13.2. The van der Waals surface area contributed by atoms with Crippen LogP contribution in [-0.2, 0) is 15.6 Å². The Labute approximate surface area is 93.4 Å². The van der Waals surface area contributed by atoms with Gasteiger partial charge in [0.05, 0.1) is 0 Å². The first-order valence-electron chi connectivity index (χ1n) is 3.85. The van der Waals surface area contributed by atoms with Gasteiger partial charge in [0, 0.05) is 18.5 Å². The lowest BCUT2D eigenvalue weighted by molar-refractivity contribution is -0.335. The van der Waals surface area contributed by atoms with Crippen LogP contribution in [0.2, 0.25) is 0 Å². The van der Waals surface area contributed by atoms with Crippen LogP contribution in [0.3, 0.4) is 0 Å². The molecule has 1 aromatic carbocycles. The summed E-state index contributed by atoms with van der Waals surface area (Å²) >= 11 is 2.94. The van der Waals surface area contributed by atoms with Crippen molar-refractivity contribution in [1.82, 2.24) is 0 Å². The normalized spacial score (nSPS) is 12.9. The maximum absolute atomic E-state index is 13.2. The van der Waals surface area contributed by atoms with E-state index in [-0.39, 0.29) is 10.9 Å². The molecule has 1 aromatic rings. The molecule has 0 N–H and O–H groups in total. The van der Waals surface area contributed by atoms with Gasteiger partial charge in [-0.05, 0) is 5.56 Å². The molecule has 0 aromatic heterocycles. The number of hydrogen-bond donors (Lipinski definition) is 0. The quantitative estimate of drug-likeness (QED) is 0.628. The number of hydrogen-bond acceptors (Lipinski definition) is 3. The molecule has 0 aliphatic rings. The highest BCUT2D eigenvalue weighted by molar-refractivity contribution is 9.08. The fraction of sp³-hybridized carbons (Fsp3) is 0.250. The van der Waals surface area contributed by atoms with Crippen LogP contribution in [0.5, 0.6) is 0 Å². The van der Waals surface area contributed by atoms with E-state index in [9.17, 15) is 23.1 Å². The largest absolute Gasteiger partial charge is 0.806 e. The molecule has 1 rings (SSSR count). The van der Waals surface area contributed by atoms with E-state index in [2.05, 4.69) is 15.9 Å². The second kappa shape index (κ2) is 4.29. The van der Waals surface area contributed by atoms with Gasteiger partial charge in [0.15, 0.2) is 0 Å². The number of rotatable bonds is 3. The third-order valence-electron chi connectivity index (χ3n) is 1.83. The summed E-state index contributed by atoms with van der Waals surface area (Å²) in [6.45, 7) is 0. The molecule has 0 atom stereocenters. The zero-order chi connectivity index (χ0) is 11.7. The second-order valence-corrected chi connectivity index (χ2v) is 4.95. The third kappa shape index (κ3) is 2.45. The van der Waals surface area contributed by atoms with Gasteiger partial charge in [0.2, 0.25) is 0 Å². The topological polar surface area (TPSA) is 63.2 Å². The molecule has 0 aliphatic heterocycles. The summed E-state index contributed by atoms with van der Waals surface area (Å²) < 4.78 is 36.8. The first kappa shape index (κ1) is 12.8. The van der Waals surface area contributed by atoms with Crippen molar-refractivity contribution in [2.45, 2.75) is 11.0 Å². The molecule has 0 bridgehead atoms. The third-order valence-corrected chi connectivity index (χ3v) is 3.36. The van der Waals surface area contributed by atoms with Crippen LogP contribution >= 0.6 is 23.5 Å². The Balaban J connectivity index is 3.33. The smallest absolute Gasteiger partial charge is 0.297 e. The lowest BCUT2D eigenvalue weighted by atomic mass is 10.1. The minimum absolute atomic E-state index is 0.0543. The summed E-state index contributed by atoms with van der Waals surface area (Å²) in [5.41, 5.74) is -5.05. The average Bonchev–Trinajstić information content (AvgIpc) is 2.16. The van der Waals surface area contributed by atoms with Crippen molar-refractivity contribution in [2.24, 2.45) is 0 Å². The summed E-state index contributed by atoms with van der Waals surface area (Å²) in [5.74, 6) is 0. The Morgan fingerprint density at radius 3 is 2.33 bits per heavy atom. The summed E-state index contributed by atoms with van der Waals surface area (Å²) in [6.07, 6.45) is 0. The molecule has 15 heavy (non-hydrogen) atoms. The molecule has 0 saturated carbocycles. The SMILES string of the molecule is O=P([O-])([O-])C(F)(F)c1ccccc1CBr. The summed E-state index contributed by atoms with van der Waals surface area (Å²) in [5, 5.41) is 0.0543. The number of halogens is 3. The van der Waals surface area contributed by atoms with Crippen molar-refractivity contribution < 1.29 is 23.1 Å². The minimum atomic E-state index is -5.98. The van der Waals surface area contributed by atoms with Crippen LogP contribution in [-0.4, -0.2) is 0 Å². The average molecular weight is 299 g/mol. The molecule has 0 heterocycles. The van der Waals surface area contributed by atoms with E-state index >= 15 is 0 Å². The minimum Gasteiger partial charge on any atom is -0.806 e. The number of benzene rings is 1. The lowest BCUT2D eigenvalue weighted by Crippen LogP contribution is -2.30. The highest BCUT2D eigenvalue weighted by atomic mass is 79.9. The van der Waals surface area contributed by atoms with Crippen molar-refractivity contribution in [1.29, 1.82) is 0 Å². The highest BCUT2D eigenvalue weighted by Crippen LogP contribution is 2.54. The van der Waals surface area contributed by atoms with Gasteiger partial charge in [-0.1, -0.05) is 40.2 Å².